The molecule has 0 bridgehead atoms. The van der Waals surface area contributed by atoms with Crippen LogP contribution in [-0.4, -0.2) is 47.6 Å². The molecule has 0 spiro atoms. The number of rotatable bonds is 9. The van der Waals surface area contributed by atoms with Gasteiger partial charge in [0.25, 0.3) is 5.91 Å². The van der Waals surface area contributed by atoms with E-state index in [9.17, 15) is 4.79 Å². The van der Waals surface area contributed by atoms with Gasteiger partial charge in [-0.25, -0.2) is 4.98 Å². The number of benzene rings is 3. The van der Waals surface area contributed by atoms with Crippen LogP contribution in [0.15, 0.2) is 91.1 Å². The smallest absolute Gasteiger partial charge is 0.262 e. The monoisotopic (exact) mass is 548 g/mol. The van der Waals surface area contributed by atoms with E-state index in [-0.39, 0.29) is 12.5 Å². The Kier molecular flexibility index (Phi) is 7.56. The molecule has 0 saturated carbocycles. The number of nitrogens with one attached hydrogen (secondary N) is 1. The quantitative estimate of drug-likeness (QED) is 0.259. The van der Waals surface area contributed by atoms with Crippen molar-refractivity contribution in [2.75, 3.05) is 32.7 Å². The van der Waals surface area contributed by atoms with Crippen molar-refractivity contribution in [1.82, 2.24) is 14.3 Å². The molecule has 41 heavy (non-hydrogen) atoms. The van der Waals surface area contributed by atoms with Crippen LogP contribution in [-0.2, 0) is 24.3 Å². The van der Waals surface area contributed by atoms with E-state index in [2.05, 4.69) is 32.9 Å². The van der Waals surface area contributed by atoms with Crippen LogP contribution in [0.2, 0.25) is 0 Å². The predicted octanol–water partition coefficient (Wildman–Crippen LogP) is 5.59. The van der Waals surface area contributed by atoms with Crippen molar-refractivity contribution >= 4 is 17.2 Å². The molecule has 1 aliphatic rings. The lowest BCUT2D eigenvalue weighted by Crippen LogP contribution is -2.30. The second kappa shape index (κ2) is 11.7. The first kappa shape index (κ1) is 26.4. The molecule has 0 fully saturated rings. The van der Waals surface area contributed by atoms with Gasteiger partial charge in [-0.15, -0.1) is 0 Å². The summed E-state index contributed by atoms with van der Waals surface area (Å²) in [5.74, 6) is 1.97. The molecule has 3 heterocycles. The van der Waals surface area contributed by atoms with E-state index >= 15 is 0 Å². The van der Waals surface area contributed by atoms with Crippen molar-refractivity contribution in [2.24, 2.45) is 0 Å². The maximum atomic E-state index is 12.4. The Bertz CT molecular complexity index is 1660. The SMILES string of the molecule is COc1cc2c(cc1OC)CN(Cc1c(-c3ccc(NC(=O)COc4ccccc4)cc3)nc3ccccn13)CC2. The lowest BCUT2D eigenvalue weighted by Gasteiger charge is -2.29. The molecule has 3 aromatic carbocycles. The Morgan fingerprint density at radius 2 is 1.63 bits per heavy atom. The molecular formula is C33H32N4O4. The summed E-state index contributed by atoms with van der Waals surface area (Å²) in [5, 5.41) is 2.91. The first-order chi connectivity index (χ1) is 20.1. The van der Waals surface area contributed by atoms with E-state index < -0.39 is 0 Å². The average Bonchev–Trinajstić information content (AvgIpc) is 3.38. The molecule has 1 N–H and O–H groups in total. The van der Waals surface area contributed by atoms with Gasteiger partial charge in [0, 0.05) is 37.1 Å². The molecule has 0 atom stereocenters. The number of ether oxygens (including phenoxy) is 3. The minimum absolute atomic E-state index is 0.0556. The van der Waals surface area contributed by atoms with Crippen molar-refractivity contribution in [3.05, 3.63) is 108 Å². The highest BCUT2D eigenvalue weighted by molar-refractivity contribution is 5.92. The Morgan fingerprint density at radius 1 is 0.902 bits per heavy atom. The second-order valence-corrected chi connectivity index (χ2v) is 10.00. The summed E-state index contributed by atoms with van der Waals surface area (Å²) in [5.41, 5.74) is 7.20. The van der Waals surface area contributed by atoms with Gasteiger partial charge in [0.2, 0.25) is 0 Å². The topological polar surface area (TPSA) is 77.3 Å². The molecular weight excluding hydrogens is 516 g/mol. The summed E-state index contributed by atoms with van der Waals surface area (Å²) >= 11 is 0. The number of carbonyl (C=O) groups is 1. The summed E-state index contributed by atoms with van der Waals surface area (Å²) in [7, 11) is 3.34. The summed E-state index contributed by atoms with van der Waals surface area (Å²) in [6.45, 7) is 2.42. The highest BCUT2D eigenvalue weighted by atomic mass is 16.5. The number of methoxy groups -OCH3 is 2. The number of para-hydroxylation sites is 1. The zero-order chi connectivity index (χ0) is 28.2. The highest BCUT2D eigenvalue weighted by Crippen LogP contribution is 2.34. The molecule has 2 aromatic heterocycles. The van der Waals surface area contributed by atoms with Crippen LogP contribution in [0.5, 0.6) is 17.2 Å². The van der Waals surface area contributed by atoms with Gasteiger partial charge in [0.1, 0.15) is 11.4 Å². The molecule has 0 unspecified atom stereocenters. The molecule has 8 heteroatoms. The molecule has 0 saturated heterocycles. The van der Waals surface area contributed by atoms with Gasteiger partial charge in [-0.3, -0.25) is 9.69 Å². The van der Waals surface area contributed by atoms with Crippen LogP contribution in [0.3, 0.4) is 0 Å². The van der Waals surface area contributed by atoms with E-state index in [0.29, 0.717) is 11.4 Å². The van der Waals surface area contributed by atoms with Gasteiger partial charge in [-0.1, -0.05) is 36.4 Å². The van der Waals surface area contributed by atoms with Crippen LogP contribution in [0, 0.1) is 0 Å². The molecule has 6 rings (SSSR count). The maximum Gasteiger partial charge on any atom is 0.262 e. The highest BCUT2D eigenvalue weighted by Gasteiger charge is 2.23. The minimum atomic E-state index is -0.213. The van der Waals surface area contributed by atoms with E-state index in [0.717, 1.165) is 60.2 Å². The fraction of sp³-hybridized carbons (Fsp3) is 0.212. The summed E-state index contributed by atoms with van der Waals surface area (Å²) in [6, 6.07) is 27.4. The van der Waals surface area contributed by atoms with E-state index in [1.54, 1.807) is 14.2 Å². The van der Waals surface area contributed by atoms with Crippen LogP contribution >= 0.6 is 0 Å². The Hall–Kier alpha value is -4.82. The number of anilines is 1. The number of imidazole rings is 1. The van der Waals surface area contributed by atoms with Gasteiger partial charge in [0.15, 0.2) is 18.1 Å². The van der Waals surface area contributed by atoms with Crippen molar-refractivity contribution in [2.45, 2.75) is 19.5 Å². The van der Waals surface area contributed by atoms with Gasteiger partial charge in [0.05, 0.1) is 25.6 Å². The van der Waals surface area contributed by atoms with Crippen LogP contribution in [0.25, 0.3) is 16.9 Å². The van der Waals surface area contributed by atoms with Crippen molar-refractivity contribution in [3.8, 4) is 28.5 Å². The minimum Gasteiger partial charge on any atom is -0.493 e. The fourth-order valence-corrected chi connectivity index (χ4v) is 5.29. The number of hydrogen-bond acceptors (Lipinski definition) is 6. The Labute approximate surface area is 239 Å². The fourth-order valence-electron chi connectivity index (χ4n) is 5.29. The van der Waals surface area contributed by atoms with Gasteiger partial charge < -0.3 is 23.9 Å². The molecule has 5 aromatic rings. The maximum absolute atomic E-state index is 12.4. The number of hydrogen-bond donors (Lipinski definition) is 1. The molecule has 1 aliphatic heterocycles. The summed E-state index contributed by atoms with van der Waals surface area (Å²) in [6.07, 6.45) is 3.00. The normalized spacial score (nSPS) is 13.0. The van der Waals surface area contributed by atoms with Crippen LogP contribution in [0.4, 0.5) is 5.69 Å². The molecule has 8 nitrogen and oxygen atoms in total. The standard InChI is InChI=1S/C33H32N4O4/c1-39-29-18-24-15-17-36(20-25(24)19-30(29)40-2)21-28-33(35-31-10-6-7-16-37(28)31)23-11-13-26(14-12-23)34-32(38)22-41-27-8-4-3-5-9-27/h3-14,16,18-19H,15,17,20-22H2,1-2H3,(H,34,38). The third-order valence-electron chi connectivity index (χ3n) is 7.35. The van der Waals surface area contributed by atoms with E-state index in [4.69, 9.17) is 19.2 Å². The third-order valence-corrected chi connectivity index (χ3v) is 7.35. The number of pyridine rings is 1. The van der Waals surface area contributed by atoms with Crippen molar-refractivity contribution in [3.63, 3.8) is 0 Å². The lowest BCUT2D eigenvalue weighted by molar-refractivity contribution is -0.118. The molecule has 1 amide bonds. The first-order valence-electron chi connectivity index (χ1n) is 13.6. The predicted molar refractivity (Wildman–Crippen MR) is 159 cm³/mol. The largest absolute Gasteiger partial charge is 0.493 e. The van der Waals surface area contributed by atoms with Crippen LogP contribution < -0.4 is 19.5 Å². The van der Waals surface area contributed by atoms with E-state index in [1.807, 2.05) is 72.8 Å². The lowest BCUT2D eigenvalue weighted by atomic mass is 9.98. The van der Waals surface area contributed by atoms with E-state index in [1.165, 1.54) is 11.1 Å². The second-order valence-electron chi connectivity index (χ2n) is 10.00. The first-order valence-corrected chi connectivity index (χ1v) is 13.6. The summed E-state index contributed by atoms with van der Waals surface area (Å²) < 4.78 is 18.8. The number of amides is 1. The van der Waals surface area contributed by atoms with Crippen LogP contribution in [0.1, 0.15) is 16.8 Å². The van der Waals surface area contributed by atoms with Gasteiger partial charge in [-0.2, -0.15) is 0 Å². The zero-order valence-corrected chi connectivity index (χ0v) is 23.2. The van der Waals surface area contributed by atoms with Crippen molar-refractivity contribution < 1.29 is 19.0 Å². The molecule has 0 radical (unpaired) electrons. The van der Waals surface area contributed by atoms with Gasteiger partial charge >= 0.3 is 0 Å². The van der Waals surface area contributed by atoms with Crippen molar-refractivity contribution in [1.29, 1.82) is 0 Å². The molecule has 208 valence electrons. The number of aromatic nitrogens is 2. The third kappa shape index (κ3) is 5.73. The zero-order valence-electron chi connectivity index (χ0n) is 23.2. The average molecular weight is 549 g/mol. The Balaban J connectivity index is 1.20. The number of nitrogens with zero attached hydrogens (tertiary/aromatic N) is 3. The number of fused-ring (bicyclic) bond motifs is 2. The molecule has 0 aliphatic carbocycles. The number of carbonyl (C=O) groups excluding carboxylic acids is 1. The Morgan fingerprint density at radius 3 is 2.39 bits per heavy atom. The summed E-state index contributed by atoms with van der Waals surface area (Å²) in [4.78, 5) is 19.9. The van der Waals surface area contributed by atoms with Gasteiger partial charge in [-0.05, 0) is 66.1 Å².